The van der Waals surface area contributed by atoms with Crippen LogP contribution in [0, 0.1) is 0 Å². The summed E-state index contributed by atoms with van der Waals surface area (Å²) in [5.41, 5.74) is 9.08. The number of amides is 1. The predicted molar refractivity (Wildman–Crippen MR) is 98.9 cm³/mol. The second-order valence-electron chi connectivity index (χ2n) is 6.93. The Labute approximate surface area is 146 Å². The van der Waals surface area contributed by atoms with Gasteiger partial charge in [-0.25, -0.2) is 9.78 Å². The standard InChI is InChI=1S/C19H22N4O2/c1-12-14(22-18(24)25-19(2,3)4)8-6-9-15(12)23-11-21-17-13(20)7-5-10-16(17)23/h5-11,15H,1,20H2,2-4H3,(H,22,24). The maximum atomic E-state index is 12.0. The number of alkyl carbamates (subject to hydrolysis) is 1. The molecule has 1 amide bonds. The second-order valence-corrected chi connectivity index (χ2v) is 6.93. The predicted octanol–water partition coefficient (Wildman–Crippen LogP) is 3.69. The lowest BCUT2D eigenvalue weighted by Crippen LogP contribution is -2.33. The van der Waals surface area contributed by atoms with Crippen molar-refractivity contribution in [2.45, 2.75) is 32.4 Å². The van der Waals surface area contributed by atoms with Gasteiger partial charge in [0.1, 0.15) is 11.1 Å². The third kappa shape index (κ3) is 3.42. The van der Waals surface area contributed by atoms with Crippen molar-refractivity contribution in [2.24, 2.45) is 0 Å². The first-order valence-corrected chi connectivity index (χ1v) is 8.05. The van der Waals surface area contributed by atoms with E-state index in [1.807, 2.05) is 55.7 Å². The molecular weight excluding hydrogens is 316 g/mol. The number of para-hydroxylation sites is 1. The Morgan fingerprint density at radius 1 is 1.40 bits per heavy atom. The Balaban J connectivity index is 1.85. The maximum Gasteiger partial charge on any atom is 0.412 e. The first-order chi connectivity index (χ1) is 11.8. The number of carbonyl (C=O) groups is 1. The number of hydrogen-bond acceptors (Lipinski definition) is 4. The molecule has 1 aliphatic carbocycles. The average molecular weight is 338 g/mol. The van der Waals surface area contributed by atoms with E-state index in [1.165, 1.54) is 0 Å². The van der Waals surface area contributed by atoms with Gasteiger partial charge in [0.15, 0.2) is 0 Å². The molecule has 25 heavy (non-hydrogen) atoms. The largest absolute Gasteiger partial charge is 0.444 e. The molecule has 6 heteroatoms. The van der Waals surface area contributed by atoms with Crippen LogP contribution in [0.2, 0.25) is 0 Å². The van der Waals surface area contributed by atoms with Crippen molar-refractivity contribution in [3.63, 3.8) is 0 Å². The van der Waals surface area contributed by atoms with Crippen LogP contribution in [0.1, 0.15) is 26.8 Å². The van der Waals surface area contributed by atoms with Crippen LogP contribution in [0.15, 0.2) is 60.6 Å². The highest BCUT2D eigenvalue weighted by molar-refractivity contribution is 5.87. The van der Waals surface area contributed by atoms with Crippen molar-refractivity contribution >= 4 is 22.8 Å². The van der Waals surface area contributed by atoms with Crippen LogP contribution in [-0.4, -0.2) is 21.2 Å². The molecule has 6 nitrogen and oxygen atoms in total. The van der Waals surface area contributed by atoms with Crippen LogP contribution in [0.3, 0.4) is 0 Å². The monoisotopic (exact) mass is 338 g/mol. The number of carbonyl (C=O) groups excluding carboxylic acids is 1. The molecule has 0 radical (unpaired) electrons. The first-order valence-electron chi connectivity index (χ1n) is 8.05. The minimum atomic E-state index is -0.562. The van der Waals surface area contributed by atoms with Crippen molar-refractivity contribution in [1.29, 1.82) is 0 Å². The molecule has 0 saturated carbocycles. The molecule has 0 saturated heterocycles. The summed E-state index contributed by atoms with van der Waals surface area (Å²) in [5, 5.41) is 2.77. The summed E-state index contributed by atoms with van der Waals surface area (Å²) in [6.07, 6.45) is 6.90. The highest BCUT2D eigenvalue weighted by atomic mass is 16.6. The van der Waals surface area contributed by atoms with Gasteiger partial charge in [0.05, 0.1) is 23.6 Å². The van der Waals surface area contributed by atoms with Gasteiger partial charge in [-0.05, 0) is 44.6 Å². The zero-order chi connectivity index (χ0) is 18.2. The van der Waals surface area contributed by atoms with E-state index < -0.39 is 11.7 Å². The van der Waals surface area contributed by atoms with E-state index in [0.29, 0.717) is 11.4 Å². The maximum absolute atomic E-state index is 12.0. The molecule has 1 unspecified atom stereocenters. The number of rotatable bonds is 2. The van der Waals surface area contributed by atoms with E-state index in [-0.39, 0.29) is 6.04 Å². The third-order valence-electron chi connectivity index (χ3n) is 3.83. The van der Waals surface area contributed by atoms with Crippen molar-refractivity contribution < 1.29 is 9.53 Å². The van der Waals surface area contributed by atoms with Gasteiger partial charge in [-0.1, -0.05) is 24.8 Å². The smallest absolute Gasteiger partial charge is 0.412 e. The number of nitrogens with two attached hydrogens (primary N) is 1. The van der Waals surface area contributed by atoms with Gasteiger partial charge in [0.25, 0.3) is 0 Å². The topological polar surface area (TPSA) is 82.2 Å². The number of imidazole rings is 1. The number of anilines is 1. The van der Waals surface area contributed by atoms with Crippen LogP contribution in [-0.2, 0) is 4.74 Å². The van der Waals surface area contributed by atoms with Gasteiger partial charge in [-0.2, -0.15) is 0 Å². The lowest BCUT2D eigenvalue weighted by Gasteiger charge is -2.25. The number of nitrogens with zero attached hydrogens (tertiary/aromatic N) is 2. The number of hydrogen-bond donors (Lipinski definition) is 2. The van der Waals surface area contributed by atoms with Crippen LogP contribution < -0.4 is 11.1 Å². The fraction of sp³-hybridized carbons (Fsp3) is 0.263. The molecule has 0 spiro atoms. The second kappa shape index (κ2) is 6.12. The van der Waals surface area contributed by atoms with Crippen molar-refractivity contribution in [1.82, 2.24) is 14.9 Å². The molecule has 1 aliphatic rings. The van der Waals surface area contributed by atoms with Crippen LogP contribution >= 0.6 is 0 Å². The van der Waals surface area contributed by atoms with Gasteiger partial charge in [0.2, 0.25) is 0 Å². The van der Waals surface area contributed by atoms with Crippen molar-refractivity contribution in [2.75, 3.05) is 5.73 Å². The van der Waals surface area contributed by atoms with E-state index in [9.17, 15) is 4.79 Å². The Morgan fingerprint density at radius 2 is 2.16 bits per heavy atom. The summed E-state index contributed by atoms with van der Waals surface area (Å²) in [7, 11) is 0. The van der Waals surface area contributed by atoms with E-state index >= 15 is 0 Å². The number of nitrogens with one attached hydrogen (secondary N) is 1. The molecule has 3 rings (SSSR count). The highest BCUT2D eigenvalue weighted by Crippen LogP contribution is 2.31. The molecular formula is C19H22N4O2. The normalized spacial score (nSPS) is 17.5. The minimum Gasteiger partial charge on any atom is -0.444 e. The number of benzene rings is 1. The van der Waals surface area contributed by atoms with Gasteiger partial charge >= 0.3 is 6.09 Å². The van der Waals surface area contributed by atoms with Gasteiger partial charge in [-0.3, -0.25) is 5.32 Å². The van der Waals surface area contributed by atoms with E-state index in [1.54, 1.807) is 12.4 Å². The fourth-order valence-electron chi connectivity index (χ4n) is 2.74. The highest BCUT2D eigenvalue weighted by Gasteiger charge is 2.23. The van der Waals surface area contributed by atoms with Gasteiger partial charge in [-0.15, -0.1) is 0 Å². The Bertz CT molecular complexity index is 900. The molecule has 3 N–H and O–H groups in total. The molecule has 0 aliphatic heterocycles. The number of nitrogen functional groups attached to an aromatic ring is 1. The first kappa shape index (κ1) is 16.8. The van der Waals surface area contributed by atoms with Crippen molar-refractivity contribution in [3.8, 4) is 0 Å². The summed E-state index contributed by atoms with van der Waals surface area (Å²) in [5.74, 6) is 0. The van der Waals surface area contributed by atoms with E-state index in [0.717, 1.165) is 16.6 Å². The summed E-state index contributed by atoms with van der Waals surface area (Å²) in [4.78, 5) is 16.4. The Morgan fingerprint density at radius 3 is 2.88 bits per heavy atom. The van der Waals surface area contributed by atoms with E-state index in [2.05, 4.69) is 16.9 Å². The quantitative estimate of drug-likeness (QED) is 0.818. The Kier molecular flexibility index (Phi) is 4.12. The molecule has 0 fully saturated rings. The van der Waals surface area contributed by atoms with Gasteiger partial charge in [0, 0.05) is 5.70 Å². The number of aromatic nitrogens is 2. The summed E-state index contributed by atoms with van der Waals surface area (Å²) in [6.45, 7) is 9.60. The van der Waals surface area contributed by atoms with Crippen LogP contribution in [0.5, 0.6) is 0 Å². The van der Waals surface area contributed by atoms with E-state index in [4.69, 9.17) is 10.5 Å². The Hall–Kier alpha value is -3.02. The van der Waals surface area contributed by atoms with Crippen LogP contribution in [0.25, 0.3) is 11.0 Å². The lowest BCUT2D eigenvalue weighted by atomic mass is 9.99. The molecule has 1 aromatic carbocycles. The lowest BCUT2D eigenvalue weighted by molar-refractivity contribution is 0.0546. The summed E-state index contributed by atoms with van der Waals surface area (Å²) in [6, 6.07) is 5.50. The third-order valence-corrected chi connectivity index (χ3v) is 3.83. The zero-order valence-corrected chi connectivity index (χ0v) is 14.6. The van der Waals surface area contributed by atoms with Crippen LogP contribution in [0.4, 0.5) is 10.5 Å². The minimum absolute atomic E-state index is 0.165. The fourth-order valence-corrected chi connectivity index (χ4v) is 2.74. The molecule has 1 aromatic heterocycles. The molecule has 0 bridgehead atoms. The average Bonchev–Trinajstić information content (AvgIpc) is 2.93. The molecule has 2 aromatic rings. The molecule has 130 valence electrons. The number of ether oxygens (including phenoxy) is 1. The number of allylic oxidation sites excluding steroid dienone is 4. The zero-order valence-electron chi connectivity index (χ0n) is 14.6. The SMILES string of the molecule is C=C1C(NC(=O)OC(C)(C)C)=CC=CC1n1cnc2c(N)cccc21. The van der Waals surface area contributed by atoms with Gasteiger partial charge < -0.3 is 15.0 Å². The number of fused-ring (bicyclic) bond motifs is 1. The van der Waals surface area contributed by atoms with Crippen molar-refractivity contribution in [3.05, 3.63) is 60.6 Å². The molecule has 1 atom stereocenters. The summed E-state index contributed by atoms with van der Waals surface area (Å²) < 4.78 is 7.29. The summed E-state index contributed by atoms with van der Waals surface area (Å²) >= 11 is 0. The molecule has 1 heterocycles.